The molecule has 0 unspecified atom stereocenters. The lowest BCUT2D eigenvalue weighted by atomic mass is 10.5. The van der Waals surface area contributed by atoms with Crippen molar-refractivity contribution in [2.45, 2.75) is 6.42 Å². The van der Waals surface area contributed by atoms with Gasteiger partial charge in [-0.15, -0.1) is 14.5 Å². The number of hydrogen-bond acceptors (Lipinski definition) is 4. The first-order chi connectivity index (χ1) is 5.24. The number of halogens is 1. The molecule has 0 heterocycles. The lowest BCUT2D eigenvalue weighted by Gasteiger charge is -2.24. The fraction of sp³-hybridized carbons (Fsp3) is 1.00. The van der Waals surface area contributed by atoms with Crippen LogP contribution in [0.3, 0.4) is 0 Å². The zero-order valence-corrected chi connectivity index (χ0v) is 8.37. The van der Waals surface area contributed by atoms with E-state index in [9.17, 15) is 0 Å². The summed E-state index contributed by atoms with van der Waals surface area (Å²) >= 11 is 0. The van der Waals surface area contributed by atoms with Gasteiger partial charge in [-0.2, -0.15) is 0 Å². The number of quaternary nitrogens is 1. The third-order valence-corrected chi connectivity index (χ3v) is 1.42. The first-order valence-electron chi connectivity index (χ1n) is 3.40. The van der Waals surface area contributed by atoms with Gasteiger partial charge in [-0.25, -0.2) is 0 Å². The summed E-state index contributed by atoms with van der Waals surface area (Å²) in [5, 5.41) is 8.54. The van der Waals surface area contributed by atoms with Crippen LogP contribution >= 0.6 is 0 Å². The average Bonchev–Trinajstić information content (AvgIpc) is 2.08. The Labute approximate surface area is 78.7 Å². The molecule has 1 N–H and O–H groups in total. The first kappa shape index (κ1) is 14.6. The second kappa shape index (κ2) is 7.72. The van der Waals surface area contributed by atoms with E-state index in [4.69, 9.17) is 19.6 Å². The van der Waals surface area contributed by atoms with Crippen LogP contribution in [0, 0.1) is 0 Å². The molecule has 0 aliphatic rings. The van der Waals surface area contributed by atoms with Crippen LogP contribution in [-0.4, -0.2) is 44.6 Å². The molecule has 0 aromatic heterocycles. The molecule has 0 saturated carbocycles. The van der Waals surface area contributed by atoms with Crippen molar-refractivity contribution < 1.29 is 37.0 Å². The normalized spacial score (nSPS) is 11.0. The maximum atomic E-state index is 8.54. The quantitative estimate of drug-likeness (QED) is 0.365. The summed E-state index contributed by atoms with van der Waals surface area (Å²) in [5.74, 6) is 0. The molecule has 0 aliphatic heterocycles. The third-order valence-electron chi connectivity index (χ3n) is 1.42. The number of hydroxylamine groups is 3. The van der Waals surface area contributed by atoms with Gasteiger partial charge in [-0.1, -0.05) is 0 Å². The average molecular weight is 202 g/mol. The summed E-state index contributed by atoms with van der Waals surface area (Å²) in [6, 6.07) is 0. The van der Waals surface area contributed by atoms with E-state index in [0.717, 1.165) is 0 Å². The Morgan fingerprint density at radius 1 is 1.08 bits per heavy atom. The highest BCUT2D eigenvalue weighted by atomic mass is 35.5. The summed E-state index contributed by atoms with van der Waals surface area (Å²) in [5.41, 5.74) is 0. The van der Waals surface area contributed by atoms with Crippen molar-refractivity contribution >= 4 is 0 Å². The monoisotopic (exact) mass is 201 g/mol. The minimum Gasteiger partial charge on any atom is -1.00 e. The number of aliphatic hydroxyl groups is 1. The van der Waals surface area contributed by atoms with E-state index in [2.05, 4.69) is 0 Å². The van der Waals surface area contributed by atoms with Gasteiger partial charge in [0.1, 0.15) is 21.3 Å². The summed E-state index contributed by atoms with van der Waals surface area (Å²) in [6.45, 7) is 0.552. The number of nitrogens with zero attached hydrogens (tertiary/aromatic N) is 1. The van der Waals surface area contributed by atoms with E-state index in [1.165, 1.54) is 21.3 Å². The van der Waals surface area contributed by atoms with Crippen LogP contribution in [-0.2, 0) is 14.5 Å². The van der Waals surface area contributed by atoms with Gasteiger partial charge >= 0.3 is 0 Å². The Kier molecular flexibility index (Phi) is 9.40. The largest absolute Gasteiger partial charge is 1.00 e. The van der Waals surface area contributed by atoms with E-state index in [0.29, 0.717) is 13.0 Å². The second-order valence-electron chi connectivity index (χ2n) is 1.96. The Hall–Kier alpha value is 0.0900. The van der Waals surface area contributed by atoms with Crippen LogP contribution in [0.2, 0.25) is 0 Å². The molecule has 0 atom stereocenters. The van der Waals surface area contributed by atoms with Gasteiger partial charge in [0.2, 0.25) is 0 Å². The van der Waals surface area contributed by atoms with Gasteiger partial charge in [-0.3, -0.25) is 0 Å². The van der Waals surface area contributed by atoms with Gasteiger partial charge in [0, 0.05) is 13.0 Å². The van der Waals surface area contributed by atoms with Crippen LogP contribution in [0.4, 0.5) is 0 Å². The van der Waals surface area contributed by atoms with E-state index in [1.807, 2.05) is 0 Å². The second-order valence-corrected chi connectivity index (χ2v) is 1.96. The topological polar surface area (TPSA) is 47.9 Å². The molecule has 0 fully saturated rings. The van der Waals surface area contributed by atoms with Crippen LogP contribution in [0.5, 0.6) is 0 Å². The predicted molar refractivity (Wildman–Crippen MR) is 37.9 cm³/mol. The molecule has 0 saturated heterocycles. The van der Waals surface area contributed by atoms with Gasteiger partial charge in [0.15, 0.2) is 6.54 Å². The van der Waals surface area contributed by atoms with E-state index < -0.39 is 0 Å². The third kappa shape index (κ3) is 4.20. The number of rotatable bonds is 6. The van der Waals surface area contributed by atoms with Gasteiger partial charge in [0.05, 0.1) is 4.97 Å². The summed E-state index contributed by atoms with van der Waals surface area (Å²) in [4.78, 5) is 14.4. The molecule has 0 aromatic carbocycles. The predicted octanol–water partition coefficient (Wildman–Crippen LogP) is -3.13. The fourth-order valence-electron chi connectivity index (χ4n) is 0.762. The van der Waals surface area contributed by atoms with Gasteiger partial charge in [-0.05, 0) is 0 Å². The molecular weight excluding hydrogens is 186 g/mol. The van der Waals surface area contributed by atoms with E-state index >= 15 is 0 Å². The molecule has 12 heavy (non-hydrogen) atoms. The zero-order valence-electron chi connectivity index (χ0n) is 7.62. The molecule has 0 spiro atoms. The number of hydrogen-bond donors (Lipinski definition) is 1. The van der Waals surface area contributed by atoms with Crippen molar-refractivity contribution in [3.05, 3.63) is 0 Å². The van der Waals surface area contributed by atoms with Crippen LogP contribution < -0.4 is 12.4 Å². The zero-order chi connectivity index (χ0) is 8.74. The highest BCUT2D eigenvalue weighted by Crippen LogP contribution is 2.08. The molecule has 76 valence electrons. The highest BCUT2D eigenvalue weighted by Gasteiger charge is 2.29. The smallest absolute Gasteiger partial charge is 0.180 e. The molecule has 5 nitrogen and oxygen atoms in total. The van der Waals surface area contributed by atoms with Gasteiger partial charge < -0.3 is 17.5 Å². The molecular formula is C6H16ClNO4. The number of aliphatic hydroxyl groups excluding tert-OH is 1. The van der Waals surface area contributed by atoms with Crippen molar-refractivity contribution in [3.63, 3.8) is 0 Å². The minimum absolute atomic E-state index is 0. The Bertz CT molecular complexity index is 91.3. The highest BCUT2D eigenvalue weighted by molar-refractivity contribution is 4.24. The molecule has 6 heteroatoms. The fourth-order valence-corrected chi connectivity index (χ4v) is 0.762. The Morgan fingerprint density at radius 2 is 1.50 bits per heavy atom. The molecule has 0 bridgehead atoms. The summed E-state index contributed by atoms with van der Waals surface area (Å²) in [7, 11) is 4.43. The van der Waals surface area contributed by atoms with Gasteiger partial charge in [0.25, 0.3) is 0 Å². The van der Waals surface area contributed by atoms with Crippen molar-refractivity contribution in [2.75, 3.05) is 34.5 Å². The minimum atomic E-state index is -0.347. The van der Waals surface area contributed by atoms with Crippen molar-refractivity contribution in [2.24, 2.45) is 0 Å². The summed E-state index contributed by atoms with van der Waals surface area (Å²) < 4.78 is 0. The van der Waals surface area contributed by atoms with E-state index in [-0.39, 0.29) is 24.0 Å². The Morgan fingerprint density at radius 3 is 1.75 bits per heavy atom. The standard InChI is InChI=1S/C6H16NO4.ClH/c1-9-7(10-2,11-3)5-4-6-8;/h8H,4-6H2,1-3H3;1H/q+1;/p-1. The van der Waals surface area contributed by atoms with E-state index in [1.54, 1.807) is 0 Å². The maximum Gasteiger partial charge on any atom is 0.180 e. The van der Waals surface area contributed by atoms with Crippen LogP contribution in [0.1, 0.15) is 6.42 Å². The Balaban J connectivity index is 0. The summed E-state index contributed by atoms with van der Waals surface area (Å²) in [6.07, 6.45) is 0.565. The van der Waals surface area contributed by atoms with Crippen molar-refractivity contribution in [3.8, 4) is 0 Å². The van der Waals surface area contributed by atoms with Crippen molar-refractivity contribution in [1.29, 1.82) is 0 Å². The molecule has 0 radical (unpaired) electrons. The molecule has 0 aromatic rings. The lowest BCUT2D eigenvalue weighted by molar-refractivity contribution is -1.36. The van der Waals surface area contributed by atoms with Crippen molar-refractivity contribution in [1.82, 2.24) is 0 Å². The lowest BCUT2D eigenvalue weighted by Crippen LogP contribution is -3.00. The first-order valence-corrected chi connectivity index (χ1v) is 3.40. The molecule has 0 amide bonds. The van der Waals surface area contributed by atoms with Crippen LogP contribution in [0.25, 0.3) is 0 Å². The molecule has 0 rings (SSSR count). The maximum absolute atomic E-state index is 8.54. The van der Waals surface area contributed by atoms with Crippen LogP contribution in [0.15, 0.2) is 0 Å². The SMILES string of the molecule is CO[N+](CCCO)(OC)OC.[Cl-]. The molecule has 0 aliphatic carbocycles.